The molecule has 0 heterocycles. The molecule has 0 aliphatic carbocycles. The van der Waals surface area contributed by atoms with Crippen molar-refractivity contribution in [3.63, 3.8) is 0 Å². The molecule has 140 valence electrons. The summed E-state index contributed by atoms with van der Waals surface area (Å²) >= 11 is 0. The fourth-order valence-electron chi connectivity index (χ4n) is 2.48. The van der Waals surface area contributed by atoms with E-state index in [0.717, 1.165) is 5.56 Å². The molecule has 2 aromatic rings. The number of hydrogen-bond acceptors (Lipinski definition) is 5. The molecule has 0 unspecified atom stereocenters. The standard InChI is InChI=1S/C22H23NO4/c1-15(21(25)16-9-11-18(12-10-16)22(2,3)4)27-20(24)14-26-19-8-6-5-7-17(19)13-23/h5-12,15H,14H2,1-4H3/t15-/m0/s1. The van der Waals surface area contributed by atoms with Crippen molar-refractivity contribution in [2.45, 2.75) is 39.2 Å². The molecule has 0 bridgehead atoms. The summed E-state index contributed by atoms with van der Waals surface area (Å²) in [6.45, 7) is 7.44. The predicted octanol–water partition coefficient (Wildman–Crippen LogP) is 4.05. The Morgan fingerprint density at radius 1 is 1.07 bits per heavy atom. The third-order valence-electron chi connectivity index (χ3n) is 4.07. The zero-order valence-corrected chi connectivity index (χ0v) is 16.0. The predicted molar refractivity (Wildman–Crippen MR) is 102 cm³/mol. The number of ketones is 1. The second-order valence-corrected chi connectivity index (χ2v) is 7.22. The minimum Gasteiger partial charge on any atom is -0.481 e. The Hall–Kier alpha value is -3.13. The van der Waals surface area contributed by atoms with E-state index in [4.69, 9.17) is 14.7 Å². The van der Waals surface area contributed by atoms with Crippen LogP contribution in [0.5, 0.6) is 5.75 Å². The number of Topliss-reactive ketones (excluding diaryl/α,β-unsaturated/α-hetero) is 1. The second-order valence-electron chi connectivity index (χ2n) is 7.22. The Labute approximate surface area is 159 Å². The fourth-order valence-corrected chi connectivity index (χ4v) is 2.48. The average molecular weight is 365 g/mol. The van der Waals surface area contributed by atoms with Gasteiger partial charge in [0.05, 0.1) is 5.56 Å². The molecule has 2 aromatic carbocycles. The van der Waals surface area contributed by atoms with Crippen LogP contribution in [0.3, 0.4) is 0 Å². The summed E-state index contributed by atoms with van der Waals surface area (Å²) in [7, 11) is 0. The number of ether oxygens (including phenoxy) is 2. The summed E-state index contributed by atoms with van der Waals surface area (Å²) in [6.07, 6.45) is -0.923. The van der Waals surface area contributed by atoms with Crippen LogP contribution in [-0.2, 0) is 14.9 Å². The van der Waals surface area contributed by atoms with Gasteiger partial charge in [-0.25, -0.2) is 4.79 Å². The fraction of sp³-hybridized carbons (Fsp3) is 0.318. The largest absolute Gasteiger partial charge is 0.481 e. The van der Waals surface area contributed by atoms with E-state index in [-0.39, 0.29) is 17.8 Å². The van der Waals surface area contributed by atoms with Gasteiger partial charge in [0.25, 0.3) is 0 Å². The summed E-state index contributed by atoms with van der Waals surface area (Å²) in [6, 6.07) is 15.9. The quantitative estimate of drug-likeness (QED) is 0.570. The van der Waals surface area contributed by atoms with Crippen molar-refractivity contribution in [2.24, 2.45) is 0 Å². The Kier molecular flexibility index (Phi) is 6.36. The lowest BCUT2D eigenvalue weighted by atomic mass is 9.86. The van der Waals surface area contributed by atoms with Crippen molar-refractivity contribution in [1.29, 1.82) is 5.26 Å². The van der Waals surface area contributed by atoms with Gasteiger partial charge >= 0.3 is 5.97 Å². The lowest BCUT2D eigenvalue weighted by molar-refractivity contribution is -0.148. The Bertz CT molecular complexity index is 857. The van der Waals surface area contributed by atoms with Gasteiger partial charge in [0.1, 0.15) is 11.8 Å². The molecule has 0 aromatic heterocycles. The number of para-hydroxylation sites is 1. The maximum Gasteiger partial charge on any atom is 0.344 e. The van der Waals surface area contributed by atoms with E-state index in [1.807, 2.05) is 18.2 Å². The molecule has 27 heavy (non-hydrogen) atoms. The van der Waals surface area contributed by atoms with Gasteiger partial charge in [-0.1, -0.05) is 57.2 Å². The van der Waals surface area contributed by atoms with E-state index in [9.17, 15) is 9.59 Å². The van der Waals surface area contributed by atoms with Crippen LogP contribution in [0.4, 0.5) is 0 Å². The lowest BCUT2D eigenvalue weighted by Crippen LogP contribution is -2.27. The molecule has 0 radical (unpaired) electrons. The minimum absolute atomic E-state index is 0.00326. The van der Waals surface area contributed by atoms with Crippen LogP contribution in [0.15, 0.2) is 48.5 Å². The Morgan fingerprint density at radius 2 is 1.70 bits per heavy atom. The van der Waals surface area contributed by atoms with Crippen LogP contribution in [-0.4, -0.2) is 24.5 Å². The van der Waals surface area contributed by atoms with E-state index in [1.54, 1.807) is 36.4 Å². The van der Waals surface area contributed by atoms with Crippen molar-refractivity contribution < 1.29 is 19.1 Å². The van der Waals surface area contributed by atoms with Crippen molar-refractivity contribution in [3.05, 3.63) is 65.2 Å². The smallest absolute Gasteiger partial charge is 0.344 e. The number of rotatable bonds is 6. The molecule has 0 saturated carbocycles. The maximum absolute atomic E-state index is 12.5. The first-order valence-electron chi connectivity index (χ1n) is 8.68. The summed E-state index contributed by atoms with van der Waals surface area (Å²) in [5.41, 5.74) is 1.93. The van der Waals surface area contributed by atoms with Crippen LogP contribution in [0.25, 0.3) is 0 Å². The summed E-state index contributed by atoms with van der Waals surface area (Å²) < 4.78 is 10.5. The van der Waals surface area contributed by atoms with Crippen molar-refractivity contribution in [1.82, 2.24) is 0 Å². The normalized spacial score (nSPS) is 12.0. The highest BCUT2D eigenvalue weighted by Gasteiger charge is 2.21. The van der Waals surface area contributed by atoms with Crippen LogP contribution >= 0.6 is 0 Å². The third kappa shape index (κ3) is 5.42. The van der Waals surface area contributed by atoms with E-state index >= 15 is 0 Å². The summed E-state index contributed by atoms with van der Waals surface area (Å²) in [5, 5.41) is 9.01. The first kappa shape index (κ1) is 20.2. The number of benzene rings is 2. The first-order chi connectivity index (χ1) is 12.7. The molecule has 1 atom stereocenters. The third-order valence-corrected chi connectivity index (χ3v) is 4.07. The molecule has 0 saturated heterocycles. The lowest BCUT2D eigenvalue weighted by Gasteiger charge is -2.19. The monoisotopic (exact) mass is 365 g/mol. The molecular formula is C22H23NO4. The number of carbonyl (C=O) groups excluding carboxylic acids is 2. The summed E-state index contributed by atoms with van der Waals surface area (Å²) in [5.74, 6) is -0.648. The van der Waals surface area contributed by atoms with Crippen LogP contribution in [0.2, 0.25) is 0 Å². The average Bonchev–Trinajstić information content (AvgIpc) is 2.65. The topological polar surface area (TPSA) is 76.4 Å². The molecule has 0 fully saturated rings. The molecule has 0 aliphatic heterocycles. The SMILES string of the molecule is C[C@H](OC(=O)COc1ccccc1C#N)C(=O)c1ccc(C(C)(C)C)cc1. The highest BCUT2D eigenvalue weighted by atomic mass is 16.6. The molecule has 5 nitrogen and oxygen atoms in total. The Morgan fingerprint density at radius 3 is 2.30 bits per heavy atom. The maximum atomic E-state index is 12.5. The number of nitriles is 1. The first-order valence-corrected chi connectivity index (χ1v) is 8.68. The van der Waals surface area contributed by atoms with Crippen LogP contribution in [0.1, 0.15) is 49.2 Å². The van der Waals surface area contributed by atoms with Crippen LogP contribution in [0, 0.1) is 11.3 Å². The highest BCUT2D eigenvalue weighted by molar-refractivity contribution is 6.00. The van der Waals surface area contributed by atoms with Gasteiger partial charge in [0.15, 0.2) is 12.7 Å². The van der Waals surface area contributed by atoms with Gasteiger partial charge in [-0.2, -0.15) is 5.26 Å². The van der Waals surface area contributed by atoms with E-state index in [1.165, 1.54) is 6.92 Å². The van der Waals surface area contributed by atoms with E-state index < -0.39 is 12.1 Å². The molecule has 5 heteroatoms. The van der Waals surface area contributed by atoms with Crippen LogP contribution < -0.4 is 4.74 Å². The zero-order valence-electron chi connectivity index (χ0n) is 16.0. The molecule has 0 amide bonds. The van der Waals surface area contributed by atoms with Gasteiger partial charge < -0.3 is 9.47 Å². The van der Waals surface area contributed by atoms with Gasteiger partial charge in [-0.15, -0.1) is 0 Å². The Balaban J connectivity index is 1.93. The van der Waals surface area contributed by atoms with Crippen molar-refractivity contribution in [3.8, 4) is 11.8 Å². The van der Waals surface area contributed by atoms with Crippen molar-refractivity contribution >= 4 is 11.8 Å². The number of carbonyl (C=O) groups is 2. The van der Waals surface area contributed by atoms with Gasteiger partial charge in [0.2, 0.25) is 5.78 Å². The highest BCUT2D eigenvalue weighted by Crippen LogP contribution is 2.22. The molecular weight excluding hydrogens is 342 g/mol. The summed E-state index contributed by atoms with van der Waals surface area (Å²) in [4.78, 5) is 24.4. The zero-order chi connectivity index (χ0) is 20.0. The molecule has 0 aliphatic rings. The van der Waals surface area contributed by atoms with Crippen molar-refractivity contribution in [2.75, 3.05) is 6.61 Å². The molecule has 2 rings (SSSR count). The second kappa shape index (κ2) is 8.50. The molecule has 0 spiro atoms. The molecule has 0 N–H and O–H groups in total. The number of esters is 1. The van der Waals surface area contributed by atoms with E-state index in [0.29, 0.717) is 16.9 Å². The van der Waals surface area contributed by atoms with Gasteiger partial charge in [0, 0.05) is 5.56 Å². The van der Waals surface area contributed by atoms with Gasteiger partial charge in [-0.3, -0.25) is 4.79 Å². The van der Waals surface area contributed by atoms with Gasteiger partial charge in [-0.05, 0) is 30.0 Å². The van der Waals surface area contributed by atoms with E-state index in [2.05, 4.69) is 20.8 Å². The minimum atomic E-state index is -0.923. The number of nitrogens with zero attached hydrogens (tertiary/aromatic N) is 1. The number of hydrogen-bond donors (Lipinski definition) is 0.